The third kappa shape index (κ3) is 5.31. The minimum atomic E-state index is -0.424. The molecule has 0 saturated carbocycles. The van der Waals surface area contributed by atoms with Gasteiger partial charge in [-0.15, -0.1) is 5.10 Å². The van der Waals surface area contributed by atoms with Crippen molar-refractivity contribution < 1.29 is 14.3 Å². The van der Waals surface area contributed by atoms with Crippen LogP contribution in [0.3, 0.4) is 0 Å². The van der Waals surface area contributed by atoms with Crippen LogP contribution in [-0.4, -0.2) is 28.2 Å². The average molecular weight is 492 g/mol. The second kappa shape index (κ2) is 10.3. The highest BCUT2D eigenvalue weighted by molar-refractivity contribution is 7.17. The number of nitrogens with one attached hydrogen (secondary N) is 1. The number of nitriles is 1. The monoisotopic (exact) mass is 491 g/mol. The largest absolute Gasteiger partial charge is 0.496 e. The molecule has 2 aromatic heterocycles. The summed E-state index contributed by atoms with van der Waals surface area (Å²) < 4.78 is 11.1. The minimum absolute atomic E-state index is 0.278. The lowest BCUT2D eigenvalue weighted by Crippen LogP contribution is -2.14. The van der Waals surface area contributed by atoms with Crippen LogP contribution < -0.4 is 14.8 Å². The fourth-order valence-corrected chi connectivity index (χ4v) is 3.88. The summed E-state index contributed by atoms with van der Waals surface area (Å²) >= 11 is 7.00. The van der Waals surface area contributed by atoms with Gasteiger partial charge in [0.15, 0.2) is 0 Å². The Kier molecular flexibility index (Phi) is 7.01. The number of aromatic nitrogens is 3. The molecule has 170 valence electrons. The number of nitrogens with zero attached hydrogens (tertiary/aromatic N) is 4. The van der Waals surface area contributed by atoms with Gasteiger partial charge >= 0.3 is 0 Å². The first-order chi connectivity index (χ1) is 16.5. The van der Waals surface area contributed by atoms with Crippen LogP contribution in [0.4, 0.5) is 5.13 Å². The molecule has 0 atom stereocenters. The summed E-state index contributed by atoms with van der Waals surface area (Å²) in [6.07, 6.45) is 1.48. The van der Waals surface area contributed by atoms with Gasteiger partial charge in [-0.3, -0.25) is 15.1 Å². The summed E-state index contributed by atoms with van der Waals surface area (Å²) in [7, 11) is 1.53. The van der Waals surface area contributed by atoms with Gasteiger partial charge in [-0.25, -0.2) is 0 Å². The normalized spacial score (nSPS) is 10.4. The Balaban J connectivity index is 1.55. The van der Waals surface area contributed by atoms with E-state index in [9.17, 15) is 10.1 Å². The van der Waals surface area contributed by atoms with Gasteiger partial charge in [0.1, 0.15) is 12.4 Å². The molecule has 0 saturated heterocycles. The molecule has 4 aromatic rings. The number of carbonyl (C=O) groups excluding carboxylic acids is 1. The second-order valence-electron chi connectivity index (χ2n) is 7.14. The molecule has 1 N–H and O–H groups in total. The first-order valence-electron chi connectivity index (χ1n) is 10.0. The summed E-state index contributed by atoms with van der Waals surface area (Å²) in [4.78, 5) is 17.4. The van der Waals surface area contributed by atoms with Crippen molar-refractivity contribution in [2.75, 3.05) is 12.4 Å². The van der Waals surface area contributed by atoms with Gasteiger partial charge in [-0.2, -0.15) is 5.26 Å². The highest BCUT2D eigenvalue weighted by atomic mass is 35.5. The van der Waals surface area contributed by atoms with Crippen LogP contribution >= 0.6 is 22.9 Å². The molecule has 34 heavy (non-hydrogen) atoms. The number of carbonyl (C=O) groups is 1. The molecule has 0 bridgehead atoms. The fraction of sp³-hybridized carbons (Fsp3) is 0.125. The van der Waals surface area contributed by atoms with Gasteiger partial charge in [0.05, 0.1) is 24.3 Å². The Morgan fingerprint density at radius 1 is 1.15 bits per heavy atom. The molecule has 0 fully saturated rings. The molecular formula is C24H18ClN5O3S. The maximum absolute atomic E-state index is 13.1. The number of benzene rings is 2. The van der Waals surface area contributed by atoms with E-state index in [4.69, 9.17) is 21.1 Å². The van der Waals surface area contributed by atoms with Crippen LogP contribution in [0.25, 0.3) is 11.1 Å². The molecule has 2 heterocycles. The van der Waals surface area contributed by atoms with Crippen LogP contribution in [0.1, 0.15) is 27.2 Å². The van der Waals surface area contributed by atoms with Crippen molar-refractivity contribution in [1.82, 2.24) is 15.2 Å². The minimum Gasteiger partial charge on any atom is -0.496 e. The molecular weight excluding hydrogens is 474 g/mol. The average Bonchev–Trinajstić information content (AvgIpc) is 3.30. The van der Waals surface area contributed by atoms with E-state index in [-0.39, 0.29) is 5.13 Å². The molecule has 4 rings (SSSR count). The number of anilines is 1. The lowest BCUT2D eigenvalue weighted by molar-refractivity contribution is 0.102. The first-order valence-corrected chi connectivity index (χ1v) is 11.2. The number of aryl methyl sites for hydroxylation is 1. The van der Waals surface area contributed by atoms with Gasteiger partial charge in [0.2, 0.25) is 5.13 Å². The Labute approximate surface area is 204 Å². The Morgan fingerprint density at radius 2 is 1.94 bits per heavy atom. The van der Waals surface area contributed by atoms with Crippen molar-refractivity contribution in [2.24, 2.45) is 0 Å². The topological polar surface area (TPSA) is 110 Å². The number of halogens is 1. The lowest BCUT2D eigenvalue weighted by Gasteiger charge is -2.13. The van der Waals surface area contributed by atoms with Gasteiger partial charge in [0.25, 0.3) is 11.1 Å². The van der Waals surface area contributed by atoms with E-state index < -0.39 is 5.91 Å². The summed E-state index contributed by atoms with van der Waals surface area (Å²) in [6.45, 7) is 2.11. The van der Waals surface area contributed by atoms with Crippen LogP contribution in [0.15, 0.2) is 54.7 Å². The highest BCUT2D eigenvalue weighted by Crippen LogP contribution is 2.34. The summed E-state index contributed by atoms with van der Waals surface area (Å²) in [5.41, 5.74) is 3.59. The van der Waals surface area contributed by atoms with Gasteiger partial charge < -0.3 is 9.47 Å². The molecule has 0 unspecified atom stereocenters. The van der Waals surface area contributed by atoms with Crippen molar-refractivity contribution in [3.8, 4) is 28.1 Å². The number of rotatable bonds is 7. The van der Waals surface area contributed by atoms with E-state index in [1.54, 1.807) is 36.4 Å². The maximum atomic E-state index is 13.1. The zero-order valence-corrected chi connectivity index (χ0v) is 19.8. The molecule has 1 amide bonds. The fourth-order valence-electron chi connectivity index (χ4n) is 3.16. The van der Waals surface area contributed by atoms with Crippen molar-refractivity contribution >= 4 is 34.0 Å². The molecule has 0 aliphatic carbocycles. The number of methoxy groups -OCH3 is 1. The quantitative estimate of drug-likeness (QED) is 0.374. The van der Waals surface area contributed by atoms with Gasteiger partial charge in [-0.05, 0) is 60.2 Å². The third-order valence-corrected chi connectivity index (χ3v) is 5.81. The van der Waals surface area contributed by atoms with Crippen molar-refractivity contribution in [2.45, 2.75) is 13.5 Å². The van der Waals surface area contributed by atoms with Gasteiger partial charge in [0, 0.05) is 28.0 Å². The molecule has 8 nitrogen and oxygen atoms in total. The predicted molar refractivity (Wildman–Crippen MR) is 129 cm³/mol. The van der Waals surface area contributed by atoms with E-state index in [0.717, 1.165) is 16.9 Å². The number of pyridine rings is 1. The zero-order valence-electron chi connectivity index (χ0n) is 18.2. The van der Waals surface area contributed by atoms with E-state index in [0.29, 0.717) is 50.5 Å². The molecule has 0 spiro atoms. The zero-order chi connectivity index (χ0) is 24.1. The standard InChI is InChI=1S/C24H18ClN5O3S/c1-14-9-18(19-10-16(11-26)5-8-21(19)32-2)20(12-27-14)22(31)28-23-29-30-24(34-23)33-13-15-3-6-17(25)7-4-15/h3-10,12H,13H2,1-2H3,(H,28,29,31). The van der Waals surface area contributed by atoms with Gasteiger partial charge in [-0.1, -0.05) is 28.8 Å². The lowest BCUT2D eigenvalue weighted by atomic mass is 9.97. The van der Waals surface area contributed by atoms with Crippen molar-refractivity contribution in [3.63, 3.8) is 0 Å². The SMILES string of the molecule is COc1ccc(C#N)cc1-c1cc(C)ncc1C(=O)Nc1nnc(OCc2ccc(Cl)cc2)s1. The summed E-state index contributed by atoms with van der Waals surface area (Å²) in [5.74, 6) is 0.111. The second-order valence-corrected chi connectivity index (χ2v) is 8.52. The molecule has 0 radical (unpaired) electrons. The first kappa shape index (κ1) is 23.2. The molecule has 2 aromatic carbocycles. The van der Waals surface area contributed by atoms with Crippen LogP contribution in [-0.2, 0) is 6.61 Å². The Morgan fingerprint density at radius 3 is 2.68 bits per heavy atom. The van der Waals surface area contributed by atoms with Crippen LogP contribution in [0.5, 0.6) is 10.9 Å². The molecule has 10 heteroatoms. The van der Waals surface area contributed by atoms with Crippen LogP contribution in [0.2, 0.25) is 5.02 Å². The Hall–Kier alpha value is -4.00. The smallest absolute Gasteiger partial charge is 0.296 e. The summed E-state index contributed by atoms with van der Waals surface area (Å²) in [6, 6.07) is 16.2. The molecule has 0 aliphatic heterocycles. The highest BCUT2D eigenvalue weighted by Gasteiger charge is 2.19. The van der Waals surface area contributed by atoms with Crippen LogP contribution in [0, 0.1) is 18.3 Å². The number of amides is 1. The number of ether oxygens (including phenoxy) is 2. The maximum Gasteiger partial charge on any atom is 0.296 e. The predicted octanol–water partition coefficient (Wildman–Crippen LogP) is 5.27. The number of hydrogen-bond acceptors (Lipinski definition) is 8. The van der Waals surface area contributed by atoms with Crippen molar-refractivity contribution in [1.29, 1.82) is 5.26 Å². The molecule has 0 aliphatic rings. The van der Waals surface area contributed by atoms with E-state index in [1.165, 1.54) is 13.3 Å². The number of hydrogen-bond donors (Lipinski definition) is 1. The van der Waals surface area contributed by atoms with Crippen molar-refractivity contribution in [3.05, 3.63) is 82.1 Å². The van der Waals surface area contributed by atoms with E-state index in [2.05, 4.69) is 26.6 Å². The Bertz CT molecular complexity index is 1380. The van der Waals surface area contributed by atoms with E-state index in [1.807, 2.05) is 19.1 Å². The summed E-state index contributed by atoms with van der Waals surface area (Å²) in [5, 5.41) is 21.3. The third-order valence-electron chi connectivity index (χ3n) is 4.81. The van der Waals surface area contributed by atoms with E-state index >= 15 is 0 Å².